The highest BCUT2D eigenvalue weighted by Gasteiger charge is 2.11. The highest BCUT2D eigenvalue weighted by Crippen LogP contribution is 2.23. The summed E-state index contributed by atoms with van der Waals surface area (Å²) >= 11 is 2.02. The van der Waals surface area contributed by atoms with Crippen molar-refractivity contribution in [2.75, 3.05) is 5.32 Å². The maximum absolute atomic E-state index is 12.9. The summed E-state index contributed by atoms with van der Waals surface area (Å²) in [5.41, 5.74) is 6.30. The van der Waals surface area contributed by atoms with Crippen molar-refractivity contribution in [2.45, 2.75) is 13.0 Å². The van der Waals surface area contributed by atoms with Gasteiger partial charge in [0.05, 0.1) is 11.7 Å². The van der Waals surface area contributed by atoms with Crippen LogP contribution >= 0.6 is 22.6 Å². The van der Waals surface area contributed by atoms with Crippen LogP contribution < -0.4 is 11.1 Å². The van der Waals surface area contributed by atoms with E-state index >= 15 is 0 Å². The molecule has 0 aliphatic rings. The standard InChI is InChI=1S/C10H10FIN4O/c1-5(13)9-15-16-10(17-9)14-8-3-2-6(11)4-7(8)12/h2-5H,13H2,1H3,(H,14,16). The van der Waals surface area contributed by atoms with E-state index in [-0.39, 0.29) is 17.9 Å². The Bertz CT molecular complexity index is 529. The Labute approximate surface area is 111 Å². The third-order valence-corrected chi connectivity index (χ3v) is 2.90. The summed E-state index contributed by atoms with van der Waals surface area (Å²) in [4.78, 5) is 0. The van der Waals surface area contributed by atoms with E-state index in [9.17, 15) is 4.39 Å². The molecule has 1 aromatic carbocycles. The van der Waals surface area contributed by atoms with Crippen molar-refractivity contribution in [3.8, 4) is 0 Å². The van der Waals surface area contributed by atoms with Crippen LogP contribution in [0.25, 0.3) is 0 Å². The van der Waals surface area contributed by atoms with E-state index in [0.717, 1.165) is 3.57 Å². The van der Waals surface area contributed by atoms with Crippen LogP contribution in [0.3, 0.4) is 0 Å². The SMILES string of the molecule is CC(N)c1nnc(Nc2ccc(F)cc2I)o1. The first-order valence-electron chi connectivity index (χ1n) is 4.87. The first-order valence-corrected chi connectivity index (χ1v) is 5.95. The predicted molar refractivity (Wildman–Crippen MR) is 69.3 cm³/mol. The van der Waals surface area contributed by atoms with E-state index in [0.29, 0.717) is 11.6 Å². The summed E-state index contributed by atoms with van der Waals surface area (Å²) in [5, 5.41) is 10.5. The monoisotopic (exact) mass is 348 g/mol. The molecule has 0 bridgehead atoms. The van der Waals surface area contributed by atoms with Gasteiger partial charge in [-0.2, -0.15) is 0 Å². The highest BCUT2D eigenvalue weighted by atomic mass is 127. The molecule has 0 radical (unpaired) electrons. The maximum atomic E-state index is 12.9. The second kappa shape index (κ2) is 4.96. The summed E-state index contributed by atoms with van der Waals surface area (Å²) in [6.45, 7) is 1.75. The molecule has 2 rings (SSSR count). The van der Waals surface area contributed by atoms with Crippen molar-refractivity contribution in [1.82, 2.24) is 10.2 Å². The molecule has 0 saturated heterocycles. The summed E-state index contributed by atoms with van der Waals surface area (Å²) in [6, 6.07) is 4.29. The van der Waals surface area contributed by atoms with Crippen LogP contribution in [-0.4, -0.2) is 10.2 Å². The zero-order chi connectivity index (χ0) is 12.4. The lowest BCUT2D eigenvalue weighted by Crippen LogP contribution is -2.04. The lowest BCUT2D eigenvalue weighted by molar-refractivity contribution is 0.475. The van der Waals surface area contributed by atoms with Crippen molar-refractivity contribution in [1.29, 1.82) is 0 Å². The molecule has 0 aliphatic heterocycles. The van der Waals surface area contributed by atoms with E-state index in [1.165, 1.54) is 12.1 Å². The number of nitrogens with one attached hydrogen (secondary N) is 1. The fourth-order valence-electron chi connectivity index (χ4n) is 1.18. The maximum Gasteiger partial charge on any atom is 0.320 e. The number of anilines is 2. The largest absolute Gasteiger partial charge is 0.406 e. The first kappa shape index (κ1) is 12.2. The minimum atomic E-state index is -0.315. The quantitative estimate of drug-likeness (QED) is 0.834. The number of aromatic nitrogens is 2. The molecule has 0 spiro atoms. The Balaban J connectivity index is 2.19. The number of hydrogen-bond acceptors (Lipinski definition) is 5. The molecule has 0 saturated carbocycles. The second-order valence-corrected chi connectivity index (χ2v) is 4.65. The van der Waals surface area contributed by atoms with E-state index in [2.05, 4.69) is 15.5 Å². The van der Waals surface area contributed by atoms with E-state index in [1.54, 1.807) is 13.0 Å². The molecule has 90 valence electrons. The molecule has 5 nitrogen and oxygen atoms in total. The molecule has 7 heteroatoms. The van der Waals surface area contributed by atoms with Gasteiger partial charge in [-0.1, -0.05) is 5.10 Å². The van der Waals surface area contributed by atoms with Gasteiger partial charge < -0.3 is 15.5 Å². The van der Waals surface area contributed by atoms with Gasteiger partial charge in [0.25, 0.3) is 0 Å². The molecule has 1 heterocycles. The van der Waals surface area contributed by atoms with Gasteiger partial charge >= 0.3 is 6.01 Å². The van der Waals surface area contributed by atoms with Crippen LogP contribution in [0.4, 0.5) is 16.1 Å². The summed E-state index contributed by atoms with van der Waals surface area (Å²) < 4.78 is 18.9. The Kier molecular flexibility index (Phi) is 3.57. The molecule has 1 aromatic heterocycles. The molecule has 1 unspecified atom stereocenters. The van der Waals surface area contributed by atoms with Gasteiger partial charge in [-0.3, -0.25) is 0 Å². The van der Waals surface area contributed by atoms with Crippen LogP contribution in [0.2, 0.25) is 0 Å². The number of nitrogens with zero attached hydrogens (tertiary/aromatic N) is 2. The summed E-state index contributed by atoms with van der Waals surface area (Å²) in [6.07, 6.45) is 0. The lowest BCUT2D eigenvalue weighted by atomic mass is 10.3. The fourth-order valence-corrected chi connectivity index (χ4v) is 1.79. The van der Waals surface area contributed by atoms with Crippen molar-refractivity contribution >= 4 is 34.3 Å². The van der Waals surface area contributed by atoms with Crippen molar-refractivity contribution in [2.24, 2.45) is 5.73 Å². The van der Waals surface area contributed by atoms with Crippen LogP contribution in [0.5, 0.6) is 0 Å². The Hall–Kier alpha value is -1.22. The second-order valence-electron chi connectivity index (χ2n) is 3.48. The zero-order valence-electron chi connectivity index (χ0n) is 8.95. The summed E-state index contributed by atoms with van der Waals surface area (Å²) in [5.74, 6) is 0.0615. The van der Waals surface area contributed by atoms with Crippen LogP contribution in [0.1, 0.15) is 18.9 Å². The van der Waals surface area contributed by atoms with Gasteiger partial charge in [-0.15, -0.1) is 5.10 Å². The van der Waals surface area contributed by atoms with Crippen molar-refractivity contribution < 1.29 is 8.81 Å². The zero-order valence-corrected chi connectivity index (χ0v) is 11.1. The minimum absolute atomic E-state index is 0.238. The highest BCUT2D eigenvalue weighted by molar-refractivity contribution is 14.1. The lowest BCUT2D eigenvalue weighted by Gasteiger charge is -2.03. The summed E-state index contributed by atoms with van der Waals surface area (Å²) in [7, 11) is 0. The van der Waals surface area contributed by atoms with E-state index < -0.39 is 0 Å². The topological polar surface area (TPSA) is 77.0 Å². The van der Waals surface area contributed by atoms with E-state index in [4.69, 9.17) is 10.2 Å². The predicted octanol–water partition coefficient (Wildman–Crippen LogP) is 2.58. The Morgan fingerprint density at radius 2 is 2.24 bits per heavy atom. The Morgan fingerprint density at radius 1 is 1.47 bits per heavy atom. The van der Waals surface area contributed by atoms with Gasteiger partial charge in [0.1, 0.15) is 5.82 Å². The minimum Gasteiger partial charge on any atom is -0.406 e. The number of rotatable bonds is 3. The average molecular weight is 348 g/mol. The molecular formula is C10H10FIN4O. The van der Waals surface area contributed by atoms with Crippen LogP contribution in [0, 0.1) is 9.39 Å². The fraction of sp³-hybridized carbons (Fsp3) is 0.200. The van der Waals surface area contributed by atoms with Gasteiger partial charge in [-0.05, 0) is 47.7 Å². The third kappa shape index (κ3) is 2.91. The number of hydrogen-bond donors (Lipinski definition) is 2. The van der Waals surface area contributed by atoms with Crippen molar-refractivity contribution in [3.05, 3.63) is 33.5 Å². The van der Waals surface area contributed by atoms with Gasteiger partial charge in [0, 0.05) is 3.57 Å². The molecule has 1 atom stereocenters. The smallest absolute Gasteiger partial charge is 0.320 e. The number of nitrogens with two attached hydrogens (primary N) is 1. The first-order chi connectivity index (χ1) is 8.06. The number of benzene rings is 1. The Morgan fingerprint density at radius 3 is 2.82 bits per heavy atom. The molecule has 0 amide bonds. The molecule has 0 fully saturated rings. The van der Waals surface area contributed by atoms with Crippen LogP contribution in [-0.2, 0) is 0 Å². The van der Waals surface area contributed by atoms with Gasteiger partial charge in [0.15, 0.2) is 0 Å². The molecule has 2 aromatic rings. The molecule has 17 heavy (non-hydrogen) atoms. The van der Waals surface area contributed by atoms with E-state index in [1.807, 2.05) is 22.6 Å². The normalized spacial score (nSPS) is 12.5. The average Bonchev–Trinajstić information content (AvgIpc) is 2.71. The van der Waals surface area contributed by atoms with Crippen LogP contribution in [0.15, 0.2) is 22.6 Å². The van der Waals surface area contributed by atoms with Gasteiger partial charge in [0.2, 0.25) is 5.89 Å². The number of halogens is 2. The molecule has 0 aliphatic carbocycles. The third-order valence-electron chi connectivity index (χ3n) is 2.00. The van der Waals surface area contributed by atoms with Crippen molar-refractivity contribution in [3.63, 3.8) is 0 Å². The molecule has 3 N–H and O–H groups in total. The van der Waals surface area contributed by atoms with Gasteiger partial charge in [-0.25, -0.2) is 4.39 Å². The molecular weight excluding hydrogens is 338 g/mol.